The van der Waals surface area contributed by atoms with Gasteiger partial charge in [-0.2, -0.15) is 0 Å². The predicted molar refractivity (Wildman–Crippen MR) is 124 cm³/mol. The molecule has 8 heteroatoms. The van der Waals surface area contributed by atoms with E-state index in [1.807, 2.05) is 20.8 Å². The summed E-state index contributed by atoms with van der Waals surface area (Å²) in [5, 5.41) is 3.13. The van der Waals surface area contributed by atoms with E-state index in [-0.39, 0.29) is 28.6 Å². The average molecular weight is 449 g/mol. The average Bonchev–Trinajstić information content (AvgIpc) is 2.95. The molecule has 2 heterocycles. The molecular weight excluding hydrogens is 412 g/mol. The maximum absolute atomic E-state index is 13.2. The topological polar surface area (TPSA) is 90.9 Å². The number of hydrogen-bond donors (Lipinski definition) is 2. The minimum Gasteiger partial charge on any atom is -0.350 e. The normalized spacial score (nSPS) is 27.2. The molecule has 0 saturated carbocycles. The number of amidine groups is 1. The second kappa shape index (κ2) is 9.69. The number of carbonyl (C=O) groups excluding carboxylic acids is 1. The highest BCUT2D eigenvalue weighted by Gasteiger charge is 2.33. The number of nitrogens with zero attached hydrogens (tertiary/aromatic N) is 2. The van der Waals surface area contributed by atoms with Crippen molar-refractivity contribution < 1.29 is 13.2 Å². The van der Waals surface area contributed by atoms with Gasteiger partial charge in [0.25, 0.3) is 10.0 Å². The third-order valence-corrected chi connectivity index (χ3v) is 7.64. The van der Waals surface area contributed by atoms with E-state index in [0.717, 1.165) is 26.1 Å². The largest absolute Gasteiger partial charge is 0.350 e. The lowest BCUT2D eigenvalue weighted by atomic mass is 9.91. The van der Waals surface area contributed by atoms with Crippen molar-refractivity contribution in [1.82, 2.24) is 14.9 Å². The van der Waals surface area contributed by atoms with Crippen molar-refractivity contribution in [3.63, 3.8) is 0 Å². The highest BCUT2D eigenvalue weighted by molar-refractivity contribution is 7.90. The van der Waals surface area contributed by atoms with Gasteiger partial charge in [-0.3, -0.25) is 14.5 Å². The van der Waals surface area contributed by atoms with Gasteiger partial charge in [0, 0.05) is 31.2 Å². The lowest BCUT2D eigenvalue weighted by molar-refractivity contribution is -0.124. The second-order valence-electron chi connectivity index (χ2n) is 9.48. The minimum absolute atomic E-state index is 0.00990. The summed E-state index contributed by atoms with van der Waals surface area (Å²) in [6.07, 6.45) is 2.01. The Hall–Kier alpha value is -1.93. The Balaban J connectivity index is 1.74. The van der Waals surface area contributed by atoms with Crippen molar-refractivity contribution >= 4 is 21.8 Å². The smallest absolute Gasteiger partial charge is 0.263 e. The minimum atomic E-state index is -3.63. The Labute approximate surface area is 186 Å². The molecule has 3 unspecified atom stereocenters. The molecule has 2 aliphatic rings. The number of piperidine rings is 1. The van der Waals surface area contributed by atoms with Gasteiger partial charge in [0.2, 0.25) is 5.91 Å². The van der Waals surface area contributed by atoms with Gasteiger partial charge in [-0.05, 0) is 43.2 Å². The fourth-order valence-corrected chi connectivity index (χ4v) is 5.98. The van der Waals surface area contributed by atoms with Crippen molar-refractivity contribution in [3.8, 4) is 0 Å². The van der Waals surface area contributed by atoms with E-state index in [0.29, 0.717) is 17.4 Å². The van der Waals surface area contributed by atoms with Crippen LogP contribution in [0.1, 0.15) is 53.0 Å². The number of carbonyl (C=O) groups is 1. The van der Waals surface area contributed by atoms with Crippen LogP contribution in [-0.4, -0.2) is 56.8 Å². The Kier molecular flexibility index (Phi) is 7.42. The number of nitrogens with one attached hydrogen (secondary N) is 2. The molecule has 0 bridgehead atoms. The molecule has 172 valence electrons. The van der Waals surface area contributed by atoms with Crippen molar-refractivity contribution in [3.05, 3.63) is 29.8 Å². The van der Waals surface area contributed by atoms with Crippen molar-refractivity contribution in [2.24, 2.45) is 22.7 Å². The number of fused-ring (bicyclic) bond motifs is 1. The summed E-state index contributed by atoms with van der Waals surface area (Å²) in [5.41, 5.74) is 0.521. The standard InChI is InChI=1S/C23H36N4O3S/c1-6-17(4)21(25-22-19-9-7-8-10-20(19)31(29,30)26-22)23(28)24-18(5)14-27-12-15(2)11-16(3)13-27/h7-10,15-18,21H,6,11-14H2,1-5H3,(H,24,28)(H,25,26)/t15?,16?,17-,18?,21-/m0/s1. The molecule has 1 aromatic rings. The zero-order valence-corrected chi connectivity index (χ0v) is 20.1. The molecule has 31 heavy (non-hydrogen) atoms. The first-order chi connectivity index (χ1) is 14.6. The van der Waals surface area contributed by atoms with E-state index >= 15 is 0 Å². The third kappa shape index (κ3) is 5.66. The van der Waals surface area contributed by atoms with Crippen molar-refractivity contribution in [2.45, 2.75) is 64.4 Å². The van der Waals surface area contributed by atoms with Gasteiger partial charge in [0.15, 0.2) is 0 Å². The summed E-state index contributed by atoms with van der Waals surface area (Å²) in [6.45, 7) is 13.5. The molecule has 1 amide bonds. The molecule has 2 aliphatic heterocycles. The van der Waals surface area contributed by atoms with E-state index in [4.69, 9.17) is 0 Å². The van der Waals surface area contributed by atoms with Crippen LogP contribution in [0.25, 0.3) is 0 Å². The number of rotatable bonds is 7. The highest BCUT2D eigenvalue weighted by Crippen LogP contribution is 2.24. The molecule has 7 nitrogen and oxygen atoms in total. The summed E-state index contributed by atoms with van der Waals surface area (Å²) in [6, 6.07) is 6.07. The molecular formula is C23H36N4O3S. The van der Waals surface area contributed by atoms with Gasteiger partial charge < -0.3 is 10.2 Å². The molecule has 0 aliphatic carbocycles. The first-order valence-corrected chi connectivity index (χ1v) is 12.8. The molecule has 1 fully saturated rings. The van der Waals surface area contributed by atoms with Crippen LogP contribution < -0.4 is 10.0 Å². The van der Waals surface area contributed by atoms with Gasteiger partial charge in [-0.1, -0.05) is 46.2 Å². The first-order valence-electron chi connectivity index (χ1n) is 11.3. The van der Waals surface area contributed by atoms with Gasteiger partial charge in [-0.15, -0.1) is 0 Å². The van der Waals surface area contributed by atoms with E-state index in [2.05, 4.69) is 33.8 Å². The molecule has 5 atom stereocenters. The molecule has 0 spiro atoms. The van der Waals surface area contributed by atoms with Crippen LogP contribution in [0.15, 0.2) is 34.2 Å². The van der Waals surface area contributed by atoms with Crippen molar-refractivity contribution in [1.29, 1.82) is 0 Å². The number of hydrogen-bond acceptors (Lipinski definition) is 5. The third-order valence-electron chi connectivity index (χ3n) is 6.25. The SMILES string of the molecule is CC[C@H](C)[C@H](N=C1NS(=O)(=O)c2ccccc21)C(=O)NC(C)CN1CC(C)CC(C)C1. The van der Waals surface area contributed by atoms with Crippen LogP contribution in [-0.2, 0) is 14.8 Å². The van der Waals surface area contributed by atoms with E-state index in [1.54, 1.807) is 24.3 Å². The number of aliphatic imine (C=N–C) groups is 1. The van der Waals surface area contributed by atoms with Gasteiger partial charge in [0.1, 0.15) is 11.9 Å². The van der Waals surface area contributed by atoms with E-state index < -0.39 is 16.1 Å². The summed E-state index contributed by atoms with van der Waals surface area (Å²) in [4.78, 5) is 20.4. The number of benzene rings is 1. The van der Waals surface area contributed by atoms with Crippen LogP contribution in [0.5, 0.6) is 0 Å². The zero-order valence-electron chi connectivity index (χ0n) is 19.3. The van der Waals surface area contributed by atoms with Crippen LogP contribution in [0.3, 0.4) is 0 Å². The Morgan fingerprint density at radius 1 is 1.23 bits per heavy atom. The van der Waals surface area contributed by atoms with Gasteiger partial charge in [0.05, 0.1) is 4.90 Å². The molecule has 2 N–H and O–H groups in total. The summed E-state index contributed by atoms with van der Waals surface area (Å²) in [7, 11) is -3.63. The van der Waals surface area contributed by atoms with Gasteiger partial charge >= 0.3 is 0 Å². The maximum atomic E-state index is 13.2. The number of likely N-dealkylation sites (tertiary alicyclic amines) is 1. The molecule has 3 rings (SSSR count). The first kappa shape index (κ1) is 23.7. The molecule has 0 radical (unpaired) electrons. The Bertz CT molecular complexity index is 921. The van der Waals surface area contributed by atoms with Crippen LogP contribution in [0, 0.1) is 17.8 Å². The summed E-state index contributed by atoms with van der Waals surface area (Å²) in [5.74, 6) is 1.41. The predicted octanol–water partition coefficient (Wildman–Crippen LogP) is 2.62. The lowest BCUT2D eigenvalue weighted by Gasteiger charge is -2.36. The second-order valence-corrected chi connectivity index (χ2v) is 11.1. The Morgan fingerprint density at radius 3 is 2.52 bits per heavy atom. The fraction of sp³-hybridized carbons (Fsp3) is 0.652. The van der Waals surface area contributed by atoms with E-state index in [1.165, 1.54) is 6.42 Å². The van der Waals surface area contributed by atoms with E-state index in [9.17, 15) is 13.2 Å². The lowest BCUT2D eigenvalue weighted by Crippen LogP contribution is -2.49. The molecule has 0 aromatic heterocycles. The van der Waals surface area contributed by atoms with Crippen LogP contribution in [0.4, 0.5) is 0 Å². The monoisotopic (exact) mass is 448 g/mol. The summed E-state index contributed by atoms with van der Waals surface area (Å²) < 4.78 is 27.3. The molecule has 1 saturated heterocycles. The quantitative estimate of drug-likeness (QED) is 0.671. The molecule has 1 aromatic carbocycles. The highest BCUT2D eigenvalue weighted by atomic mass is 32.2. The number of amides is 1. The van der Waals surface area contributed by atoms with Crippen LogP contribution in [0.2, 0.25) is 0 Å². The zero-order chi connectivity index (χ0) is 22.8. The van der Waals surface area contributed by atoms with Crippen LogP contribution >= 0.6 is 0 Å². The van der Waals surface area contributed by atoms with Crippen molar-refractivity contribution in [2.75, 3.05) is 19.6 Å². The number of sulfonamides is 1. The fourth-order valence-electron chi connectivity index (χ4n) is 4.74. The Morgan fingerprint density at radius 2 is 1.87 bits per heavy atom. The summed E-state index contributed by atoms with van der Waals surface area (Å²) >= 11 is 0. The van der Waals surface area contributed by atoms with Gasteiger partial charge in [-0.25, -0.2) is 8.42 Å². The maximum Gasteiger partial charge on any atom is 0.263 e.